The summed E-state index contributed by atoms with van der Waals surface area (Å²) in [6.45, 7) is 3.58. The summed E-state index contributed by atoms with van der Waals surface area (Å²) in [5, 5.41) is 14.8. The normalized spacial score (nSPS) is 10.7. The SMILES string of the molecule is Cc1cccc(C)c1OCC(=O)N/N=C/c1cc([N+](=O)[O-])ccc1Cl. The van der Waals surface area contributed by atoms with Gasteiger partial charge in [-0.25, -0.2) is 5.43 Å². The Labute approximate surface area is 149 Å². The van der Waals surface area contributed by atoms with Crippen LogP contribution in [0, 0.1) is 24.0 Å². The topological polar surface area (TPSA) is 93.8 Å². The Morgan fingerprint density at radius 1 is 1.32 bits per heavy atom. The summed E-state index contributed by atoms with van der Waals surface area (Å²) < 4.78 is 5.51. The number of aryl methyl sites for hydroxylation is 2. The van der Waals surface area contributed by atoms with Gasteiger partial charge in [0.25, 0.3) is 11.6 Å². The highest BCUT2D eigenvalue weighted by molar-refractivity contribution is 6.33. The minimum absolute atomic E-state index is 0.115. The number of para-hydroxylation sites is 1. The molecular formula is C17H16ClN3O4. The third-order valence-corrected chi connectivity index (χ3v) is 3.68. The molecule has 0 atom stereocenters. The molecular weight excluding hydrogens is 346 g/mol. The number of amides is 1. The second-order valence-electron chi connectivity index (χ2n) is 5.27. The fourth-order valence-corrected chi connectivity index (χ4v) is 2.28. The Balaban J connectivity index is 1.95. The average Bonchev–Trinajstić information content (AvgIpc) is 2.56. The van der Waals surface area contributed by atoms with E-state index in [0.717, 1.165) is 11.1 Å². The van der Waals surface area contributed by atoms with Crippen molar-refractivity contribution < 1.29 is 14.5 Å². The van der Waals surface area contributed by atoms with Crippen molar-refractivity contribution >= 4 is 29.4 Å². The molecule has 0 radical (unpaired) electrons. The van der Waals surface area contributed by atoms with Gasteiger partial charge in [-0.3, -0.25) is 14.9 Å². The van der Waals surface area contributed by atoms with E-state index in [1.54, 1.807) is 0 Å². The van der Waals surface area contributed by atoms with Crippen LogP contribution in [-0.2, 0) is 4.79 Å². The van der Waals surface area contributed by atoms with Crippen molar-refractivity contribution in [1.82, 2.24) is 5.43 Å². The molecule has 0 aliphatic carbocycles. The van der Waals surface area contributed by atoms with Crippen LogP contribution in [0.1, 0.15) is 16.7 Å². The Kier molecular flexibility index (Phi) is 6.08. The van der Waals surface area contributed by atoms with Gasteiger partial charge in [0.2, 0.25) is 0 Å². The summed E-state index contributed by atoms with van der Waals surface area (Å²) >= 11 is 5.94. The van der Waals surface area contributed by atoms with Gasteiger partial charge in [-0.1, -0.05) is 29.8 Å². The molecule has 2 rings (SSSR count). The summed E-state index contributed by atoms with van der Waals surface area (Å²) in [7, 11) is 0. The molecule has 2 aromatic carbocycles. The number of benzene rings is 2. The fourth-order valence-electron chi connectivity index (χ4n) is 2.11. The minimum atomic E-state index is -0.537. The van der Waals surface area contributed by atoms with Crippen LogP contribution in [0.5, 0.6) is 5.75 Å². The van der Waals surface area contributed by atoms with E-state index < -0.39 is 10.8 Å². The van der Waals surface area contributed by atoms with Crippen molar-refractivity contribution in [3.63, 3.8) is 0 Å². The number of carbonyl (C=O) groups excluding carboxylic acids is 1. The van der Waals surface area contributed by atoms with Gasteiger partial charge in [-0.15, -0.1) is 0 Å². The van der Waals surface area contributed by atoms with Crippen molar-refractivity contribution in [3.05, 3.63) is 68.2 Å². The zero-order chi connectivity index (χ0) is 18.4. The molecule has 1 amide bonds. The molecule has 0 aliphatic heterocycles. The smallest absolute Gasteiger partial charge is 0.277 e. The lowest BCUT2D eigenvalue weighted by molar-refractivity contribution is -0.384. The first-order chi connectivity index (χ1) is 11.9. The summed E-state index contributed by atoms with van der Waals surface area (Å²) in [5.41, 5.74) is 4.36. The molecule has 0 heterocycles. The minimum Gasteiger partial charge on any atom is -0.483 e. The fraction of sp³-hybridized carbons (Fsp3) is 0.176. The summed E-state index contributed by atoms with van der Waals surface area (Å²) in [5.74, 6) is 0.198. The molecule has 0 fully saturated rings. The lowest BCUT2D eigenvalue weighted by Crippen LogP contribution is -2.25. The van der Waals surface area contributed by atoms with Crippen LogP contribution in [0.15, 0.2) is 41.5 Å². The van der Waals surface area contributed by atoms with Crippen LogP contribution in [0.3, 0.4) is 0 Å². The summed E-state index contributed by atoms with van der Waals surface area (Å²) in [4.78, 5) is 22.0. The van der Waals surface area contributed by atoms with Crippen molar-refractivity contribution in [1.29, 1.82) is 0 Å². The summed E-state index contributed by atoms with van der Waals surface area (Å²) in [6.07, 6.45) is 1.24. The van der Waals surface area contributed by atoms with Gasteiger partial charge in [-0.05, 0) is 31.0 Å². The van der Waals surface area contributed by atoms with Crippen LogP contribution in [0.2, 0.25) is 5.02 Å². The molecule has 0 aromatic heterocycles. The van der Waals surface area contributed by atoms with Gasteiger partial charge in [0.1, 0.15) is 5.75 Å². The monoisotopic (exact) mass is 361 g/mol. The first-order valence-electron chi connectivity index (χ1n) is 7.33. The van der Waals surface area contributed by atoms with Gasteiger partial charge in [0, 0.05) is 22.7 Å². The zero-order valence-corrected chi connectivity index (χ0v) is 14.4. The molecule has 0 saturated heterocycles. The van der Waals surface area contributed by atoms with Gasteiger partial charge < -0.3 is 4.74 Å². The lowest BCUT2D eigenvalue weighted by Gasteiger charge is -2.10. The molecule has 0 bridgehead atoms. The third-order valence-electron chi connectivity index (χ3n) is 3.34. The molecule has 130 valence electrons. The quantitative estimate of drug-likeness (QED) is 0.484. The number of nitro groups is 1. The van der Waals surface area contributed by atoms with Crippen molar-refractivity contribution in [2.45, 2.75) is 13.8 Å². The number of nitrogens with one attached hydrogen (secondary N) is 1. The number of non-ortho nitro benzene ring substituents is 1. The molecule has 25 heavy (non-hydrogen) atoms. The molecule has 0 spiro atoms. The highest BCUT2D eigenvalue weighted by Gasteiger charge is 2.09. The van der Waals surface area contributed by atoms with E-state index >= 15 is 0 Å². The van der Waals surface area contributed by atoms with E-state index in [9.17, 15) is 14.9 Å². The Bertz CT molecular complexity index is 816. The van der Waals surface area contributed by atoms with E-state index in [1.807, 2.05) is 32.0 Å². The number of nitro benzene ring substituents is 1. The van der Waals surface area contributed by atoms with Crippen LogP contribution >= 0.6 is 11.6 Å². The molecule has 0 aliphatic rings. The predicted molar refractivity (Wildman–Crippen MR) is 95.3 cm³/mol. The van der Waals surface area contributed by atoms with E-state index in [0.29, 0.717) is 11.3 Å². The highest BCUT2D eigenvalue weighted by atomic mass is 35.5. The Morgan fingerprint density at radius 3 is 2.64 bits per heavy atom. The maximum Gasteiger partial charge on any atom is 0.277 e. The molecule has 1 N–H and O–H groups in total. The van der Waals surface area contributed by atoms with E-state index in [4.69, 9.17) is 16.3 Å². The third kappa shape index (κ3) is 5.02. The maximum atomic E-state index is 11.8. The number of halogens is 1. The number of ether oxygens (including phenoxy) is 1. The number of carbonyl (C=O) groups is 1. The molecule has 0 unspecified atom stereocenters. The molecule has 8 heteroatoms. The van der Waals surface area contributed by atoms with Crippen molar-refractivity contribution in [3.8, 4) is 5.75 Å². The van der Waals surface area contributed by atoms with Gasteiger partial charge >= 0.3 is 0 Å². The van der Waals surface area contributed by atoms with Gasteiger partial charge in [0.05, 0.1) is 11.1 Å². The zero-order valence-electron chi connectivity index (χ0n) is 13.7. The first-order valence-corrected chi connectivity index (χ1v) is 7.71. The van der Waals surface area contributed by atoms with Crippen molar-refractivity contribution in [2.24, 2.45) is 5.10 Å². The second kappa shape index (κ2) is 8.25. The van der Waals surface area contributed by atoms with E-state index in [-0.39, 0.29) is 17.3 Å². The highest BCUT2D eigenvalue weighted by Crippen LogP contribution is 2.22. The first kappa shape index (κ1) is 18.4. The van der Waals surface area contributed by atoms with Crippen LogP contribution in [0.25, 0.3) is 0 Å². The summed E-state index contributed by atoms with van der Waals surface area (Å²) in [6, 6.07) is 9.64. The second-order valence-corrected chi connectivity index (χ2v) is 5.67. The standard InChI is InChI=1S/C17H16ClN3O4/c1-11-4-3-5-12(2)17(11)25-10-16(22)20-19-9-13-8-14(21(23)24)6-7-15(13)18/h3-9H,10H2,1-2H3,(H,20,22)/b19-9+. The number of hydrazone groups is 1. The number of hydrogen-bond donors (Lipinski definition) is 1. The van der Waals surface area contributed by atoms with Crippen LogP contribution in [0.4, 0.5) is 5.69 Å². The number of hydrogen-bond acceptors (Lipinski definition) is 5. The van der Waals surface area contributed by atoms with Crippen LogP contribution < -0.4 is 10.2 Å². The Morgan fingerprint density at radius 2 is 2.00 bits per heavy atom. The average molecular weight is 362 g/mol. The van der Waals surface area contributed by atoms with Gasteiger partial charge in [-0.2, -0.15) is 5.10 Å². The van der Waals surface area contributed by atoms with Gasteiger partial charge in [0.15, 0.2) is 6.61 Å². The molecule has 7 nitrogen and oxygen atoms in total. The molecule has 0 saturated carbocycles. The number of nitrogens with zero attached hydrogens (tertiary/aromatic N) is 2. The van der Waals surface area contributed by atoms with E-state index in [1.165, 1.54) is 24.4 Å². The molecule has 2 aromatic rings. The largest absolute Gasteiger partial charge is 0.483 e. The maximum absolute atomic E-state index is 11.8. The van der Waals surface area contributed by atoms with Crippen LogP contribution in [-0.4, -0.2) is 23.7 Å². The van der Waals surface area contributed by atoms with Crippen molar-refractivity contribution in [2.75, 3.05) is 6.61 Å². The lowest BCUT2D eigenvalue weighted by atomic mass is 10.1. The Hall–Kier alpha value is -2.93. The number of rotatable bonds is 6. The predicted octanol–water partition coefficient (Wildman–Crippen LogP) is 3.39. The van der Waals surface area contributed by atoms with E-state index in [2.05, 4.69) is 10.5 Å².